The van der Waals surface area contributed by atoms with Crippen molar-refractivity contribution in [1.82, 2.24) is 10.3 Å². The fourth-order valence-corrected chi connectivity index (χ4v) is 2.14. The molecule has 0 aliphatic carbocycles. The molecular formula is C11H17ClN2O3S. The first kappa shape index (κ1) is 15.0. The highest BCUT2D eigenvalue weighted by Gasteiger charge is 2.24. The van der Waals surface area contributed by atoms with E-state index >= 15 is 0 Å². The van der Waals surface area contributed by atoms with E-state index < -0.39 is 9.05 Å². The summed E-state index contributed by atoms with van der Waals surface area (Å²) in [5.74, 6) is -0.340. The molecule has 0 fully saturated rings. The maximum absolute atomic E-state index is 11.9. The molecule has 0 atom stereocenters. The number of aromatic amines is 1. The third-order valence-corrected chi connectivity index (χ3v) is 4.49. The Hall–Kier alpha value is -1.01. The van der Waals surface area contributed by atoms with E-state index in [0.717, 1.165) is 12.8 Å². The van der Waals surface area contributed by atoms with E-state index in [-0.39, 0.29) is 22.0 Å². The van der Waals surface area contributed by atoms with Crippen LogP contribution >= 0.6 is 10.7 Å². The molecule has 0 aliphatic rings. The highest BCUT2D eigenvalue weighted by Crippen LogP contribution is 2.18. The number of carbonyl (C=O) groups excluding carboxylic acids is 1. The molecule has 5 nitrogen and oxygen atoms in total. The van der Waals surface area contributed by atoms with Crippen LogP contribution in [0.15, 0.2) is 17.2 Å². The number of amides is 1. The number of aromatic nitrogens is 1. The second-order valence-electron chi connectivity index (χ2n) is 4.41. The molecule has 0 saturated heterocycles. The van der Waals surface area contributed by atoms with Crippen LogP contribution in [0, 0.1) is 0 Å². The van der Waals surface area contributed by atoms with Crippen LogP contribution in [0.4, 0.5) is 0 Å². The van der Waals surface area contributed by atoms with Crippen molar-refractivity contribution >= 4 is 25.6 Å². The summed E-state index contributed by atoms with van der Waals surface area (Å²) in [5, 5.41) is 2.87. The summed E-state index contributed by atoms with van der Waals surface area (Å²) in [6, 6.07) is 1.23. The molecule has 1 rings (SSSR count). The molecule has 1 heterocycles. The molecule has 2 N–H and O–H groups in total. The largest absolute Gasteiger partial charge is 0.356 e. The topological polar surface area (TPSA) is 79.0 Å². The summed E-state index contributed by atoms with van der Waals surface area (Å²) in [7, 11) is 1.38. The van der Waals surface area contributed by atoms with Gasteiger partial charge < -0.3 is 10.3 Å². The van der Waals surface area contributed by atoms with E-state index in [1.54, 1.807) is 0 Å². The Morgan fingerprint density at radius 2 is 2.00 bits per heavy atom. The first-order chi connectivity index (χ1) is 8.22. The number of carbonyl (C=O) groups is 1. The van der Waals surface area contributed by atoms with Gasteiger partial charge in [-0.25, -0.2) is 8.42 Å². The minimum atomic E-state index is -3.81. The van der Waals surface area contributed by atoms with E-state index in [0.29, 0.717) is 0 Å². The van der Waals surface area contributed by atoms with Crippen molar-refractivity contribution in [3.63, 3.8) is 0 Å². The molecule has 0 spiro atoms. The van der Waals surface area contributed by atoms with Gasteiger partial charge in [0, 0.05) is 22.4 Å². The molecule has 0 aliphatic heterocycles. The van der Waals surface area contributed by atoms with Crippen LogP contribution < -0.4 is 5.32 Å². The van der Waals surface area contributed by atoms with E-state index in [1.807, 2.05) is 20.8 Å². The standard InChI is InChI=1S/C11H17ClN2O3S/c1-4-11(3,5-2)14-10(15)9-6-8(7-13-9)18(12,16)17/h6-7,13H,4-5H2,1-3H3,(H,14,15). The summed E-state index contributed by atoms with van der Waals surface area (Å²) in [4.78, 5) is 14.4. The van der Waals surface area contributed by atoms with Crippen LogP contribution in [-0.4, -0.2) is 24.8 Å². The van der Waals surface area contributed by atoms with Gasteiger partial charge in [0.15, 0.2) is 0 Å². The zero-order chi connectivity index (χ0) is 14.0. The quantitative estimate of drug-likeness (QED) is 0.817. The number of nitrogens with one attached hydrogen (secondary N) is 2. The molecule has 0 bridgehead atoms. The SMILES string of the molecule is CCC(C)(CC)NC(=O)c1cc(S(=O)(=O)Cl)c[nH]1. The van der Waals surface area contributed by atoms with Crippen molar-refractivity contribution in [2.45, 2.75) is 44.0 Å². The lowest BCUT2D eigenvalue weighted by Crippen LogP contribution is -2.45. The monoisotopic (exact) mass is 292 g/mol. The molecule has 7 heteroatoms. The molecule has 0 radical (unpaired) electrons. The molecule has 18 heavy (non-hydrogen) atoms. The molecule has 1 aromatic heterocycles. The molecule has 102 valence electrons. The van der Waals surface area contributed by atoms with Crippen molar-refractivity contribution < 1.29 is 13.2 Å². The highest BCUT2D eigenvalue weighted by molar-refractivity contribution is 8.13. The van der Waals surface area contributed by atoms with Gasteiger partial charge in [-0.15, -0.1) is 0 Å². The van der Waals surface area contributed by atoms with Crippen LogP contribution in [0.2, 0.25) is 0 Å². The third kappa shape index (κ3) is 3.49. The summed E-state index contributed by atoms with van der Waals surface area (Å²) < 4.78 is 22.2. The number of hydrogen-bond acceptors (Lipinski definition) is 3. The maximum atomic E-state index is 11.9. The second-order valence-corrected chi connectivity index (χ2v) is 6.97. The van der Waals surface area contributed by atoms with Crippen LogP contribution in [0.25, 0.3) is 0 Å². The van der Waals surface area contributed by atoms with Gasteiger partial charge in [0.1, 0.15) is 10.6 Å². The van der Waals surface area contributed by atoms with Gasteiger partial charge in [-0.05, 0) is 25.8 Å². The Morgan fingerprint density at radius 1 is 1.44 bits per heavy atom. The van der Waals surface area contributed by atoms with Crippen LogP contribution in [0.1, 0.15) is 44.1 Å². The van der Waals surface area contributed by atoms with Gasteiger partial charge in [-0.3, -0.25) is 4.79 Å². The lowest BCUT2D eigenvalue weighted by Gasteiger charge is -2.27. The predicted octanol–water partition coefficient (Wildman–Crippen LogP) is 2.25. The Bertz CT molecular complexity index is 532. The average molecular weight is 293 g/mol. The van der Waals surface area contributed by atoms with Crippen molar-refractivity contribution in [2.24, 2.45) is 0 Å². The van der Waals surface area contributed by atoms with E-state index in [1.165, 1.54) is 12.3 Å². The number of H-pyrrole nitrogens is 1. The predicted molar refractivity (Wildman–Crippen MR) is 70.3 cm³/mol. The summed E-state index contributed by atoms with van der Waals surface area (Å²) in [6.45, 7) is 5.90. The normalized spacial score (nSPS) is 12.4. The van der Waals surface area contributed by atoms with Gasteiger partial charge in [-0.2, -0.15) is 0 Å². The lowest BCUT2D eigenvalue weighted by atomic mass is 9.95. The molecule has 0 aromatic carbocycles. The minimum Gasteiger partial charge on any atom is -0.356 e. The number of hydrogen-bond donors (Lipinski definition) is 2. The molecule has 0 saturated carbocycles. The number of halogens is 1. The van der Waals surface area contributed by atoms with Crippen LogP contribution in [0.3, 0.4) is 0 Å². The van der Waals surface area contributed by atoms with Gasteiger partial charge in [0.05, 0.1) is 0 Å². The second kappa shape index (κ2) is 5.32. The van der Waals surface area contributed by atoms with Crippen molar-refractivity contribution in [2.75, 3.05) is 0 Å². The Morgan fingerprint density at radius 3 is 2.39 bits per heavy atom. The molecule has 0 unspecified atom stereocenters. The summed E-state index contributed by atoms with van der Waals surface area (Å²) >= 11 is 0. The lowest BCUT2D eigenvalue weighted by molar-refractivity contribution is 0.0896. The van der Waals surface area contributed by atoms with Gasteiger partial charge >= 0.3 is 0 Å². The smallest absolute Gasteiger partial charge is 0.268 e. The van der Waals surface area contributed by atoms with Gasteiger partial charge in [0.25, 0.3) is 15.0 Å². The highest BCUT2D eigenvalue weighted by atomic mass is 35.7. The Kier molecular flexibility index (Phi) is 4.45. The first-order valence-corrected chi connectivity index (χ1v) is 7.98. The maximum Gasteiger partial charge on any atom is 0.268 e. The molecule has 1 amide bonds. The minimum absolute atomic E-state index is 0.107. The fourth-order valence-electron chi connectivity index (χ4n) is 1.41. The van der Waals surface area contributed by atoms with Crippen LogP contribution in [-0.2, 0) is 9.05 Å². The molecular weight excluding hydrogens is 276 g/mol. The number of rotatable bonds is 5. The zero-order valence-electron chi connectivity index (χ0n) is 10.6. The van der Waals surface area contributed by atoms with Crippen molar-refractivity contribution in [1.29, 1.82) is 0 Å². The Balaban J connectivity index is 2.90. The van der Waals surface area contributed by atoms with E-state index in [9.17, 15) is 13.2 Å². The fraction of sp³-hybridized carbons (Fsp3) is 0.545. The van der Waals surface area contributed by atoms with Gasteiger partial charge in [0.2, 0.25) is 0 Å². The van der Waals surface area contributed by atoms with Crippen molar-refractivity contribution in [3.05, 3.63) is 18.0 Å². The first-order valence-electron chi connectivity index (χ1n) is 5.67. The summed E-state index contributed by atoms with van der Waals surface area (Å²) in [6.07, 6.45) is 2.78. The van der Waals surface area contributed by atoms with Crippen LogP contribution in [0.5, 0.6) is 0 Å². The zero-order valence-corrected chi connectivity index (χ0v) is 12.2. The molecule has 1 aromatic rings. The van der Waals surface area contributed by atoms with E-state index in [2.05, 4.69) is 10.3 Å². The van der Waals surface area contributed by atoms with Crippen molar-refractivity contribution in [3.8, 4) is 0 Å². The van der Waals surface area contributed by atoms with Gasteiger partial charge in [-0.1, -0.05) is 13.8 Å². The average Bonchev–Trinajstić information content (AvgIpc) is 2.77. The Labute approximate surface area is 111 Å². The third-order valence-electron chi connectivity index (χ3n) is 3.16. The van der Waals surface area contributed by atoms with E-state index in [4.69, 9.17) is 10.7 Å². The summed E-state index contributed by atoms with van der Waals surface area (Å²) in [5.41, 5.74) is -0.121.